The van der Waals surface area contributed by atoms with Gasteiger partial charge in [-0.25, -0.2) is 0 Å². The summed E-state index contributed by atoms with van der Waals surface area (Å²) in [7, 11) is 0. The van der Waals surface area contributed by atoms with Crippen LogP contribution in [0.1, 0.15) is 39.5 Å². The van der Waals surface area contributed by atoms with Crippen LogP contribution in [0.25, 0.3) is 0 Å². The minimum absolute atomic E-state index is 0.0191. The molecule has 1 saturated carbocycles. The zero-order valence-electron chi connectivity index (χ0n) is 9.21. The van der Waals surface area contributed by atoms with Crippen molar-refractivity contribution in [3.63, 3.8) is 0 Å². The van der Waals surface area contributed by atoms with Crippen LogP contribution < -0.4 is 5.32 Å². The second-order valence-electron chi connectivity index (χ2n) is 4.31. The molecule has 1 amide bonds. The van der Waals surface area contributed by atoms with Crippen LogP contribution in [-0.2, 0) is 9.53 Å². The molecular weight excluding hydrogens is 178 g/mol. The van der Waals surface area contributed by atoms with E-state index in [-0.39, 0.29) is 18.6 Å². The van der Waals surface area contributed by atoms with E-state index in [2.05, 4.69) is 5.32 Å². The van der Waals surface area contributed by atoms with Gasteiger partial charge in [0, 0.05) is 6.54 Å². The minimum atomic E-state index is 0.0191. The number of carbonyl (C=O) groups excluding carboxylic acids is 1. The quantitative estimate of drug-likeness (QED) is 0.732. The Morgan fingerprint density at radius 1 is 1.43 bits per heavy atom. The molecule has 0 unspecified atom stereocenters. The van der Waals surface area contributed by atoms with Crippen molar-refractivity contribution in [2.24, 2.45) is 5.92 Å². The fraction of sp³-hybridized carbons (Fsp3) is 0.909. The van der Waals surface area contributed by atoms with Gasteiger partial charge < -0.3 is 10.1 Å². The van der Waals surface area contributed by atoms with Crippen molar-refractivity contribution in [1.29, 1.82) is 0 Å². The van der Waals surface area contributed by atoms with Crippen molar-refractivity contribution >= 4 is 5.91 Å². The first-order chi connectivity index (χ1) is 6.68. The highest BCUT2D eigenvalue weighted by atomic mass is 16.5. The Labute approximate surface area is 86.2 Å². The average Bonchev–Trinajstić information content (AvgIpc) is 2.63. The second-order valence-corrected chi connectivity index (χ2v) is 4.31. The molecule has 0 atom stereocenters. The maximum absolute atomic E-state index is 11.3. The van der Waals surface area contributed by atoms with E-state index in [1.807, 2.05) is 13.8 Å². The molecule has 0 radical (unpaired) electrons. The van der Waals surface area contributed by atoms with Crippen molar-refractivity contribution in [2.45, 2.75) is 45.6 Å². The molecule has 82 valence electrons. The van der Waals surface area contributed by atoms with E-state index in [1.165, 1.54) is 25.7 Å². The fourth-order valence-electron chi connectivity index (χ4n) is 1.77. The summed E-state index contributed by atoms with van der Waals surface area (Å²) in [5, 5.41) is 2.92. The highest BCUT2D eigenvalue weighted by molar-refractivity contribution is 5.77. The van der Waals surface area contributed by atoms with E-state index in [4.69, 9.17) is 4.74 Å². The summed E-state index contributed by atoms with van der Waals surface area (Å²) in [4.78, 5) is 11.3. The Morgan fingerprint density at radius 2 is 2.07 bits per heavy atom. The fourth-order valence-corrected chi connectivity index (χ4v) is 1.77. The molecule has 1 rings (SSSR count). The maximum Gasteiger partial charge on any atom is 0.246 e. The predicted octanol–water partition coefficient (Wildman–Crippen LogP) is 1.72. The summed E-state index contributed by atoms with van der Waals surface area (Å²) in [6.07, 6.45) is 5.31. The average molecular weight is 199 g/mol. The molecule has 0 aromatic rings. The van der Waals surface area contributed by atoms with E-state index in [1.54, 1.807) is 0 Å². The van der Waals surface area contributed by atoms with Crippen molar-refractivity contribution < 1.29 is 9.53 Å². The monoisotopic (exact) mass is 199 g/mol. The molecular formula is C11H21NO2. The molecule has 0 aliphatic heterocycles. The molecule has 1 aliphatic carbocycles. The van der Waals surface area contributed by atoms with Gasteiger partial charge >= 0.3 is 0 Å². The molecule has 0 aromatic heterocycles. The molecule has 3 heteroatoms. The summed E-state index contributed by atoms with van der Waals surface area (Å²) >= 11 is 0. The zero-order chi connectivity index (χ0) is 10.4. The number of hydrogen-bond donors (Lipinski definition) is 1. The van der Waals surface area contributed by atoms with Gasteiger partial charge in [-0.15, -0.1) is 0 Å². The first kappa shape index (κ1) is 11.5. The number of rotatable bonds is 5. The number of ether oxygens (including phenoxy) is 1. The zero-order valence-corrected chi connectivity index (χ0v) is 9.21. The SMILES string of the molecule is CC(C)OCC(=O)NCC1CCCC1. The van der Waals surface area contributed by atoms with Gasteiger partial charge in [-0.2, -0.15) is 0 Å². The Bertz CT molecular complexity index is 174. The van der Waals surface area contributed by atoms with Crippen LogP contribution in [0.15, 0.2) is 0 Å². The van der Waals surface area contributed by atoms with Gasteiger partial charge in [0.1, 0.15) is 6.61 Å². The standard InChI is InChI=1S/C11H21NO2/c1-9(2)14-8-11(13)12-7-10-5-3-4-6-10/h9-10H,3-8H2,1-2H3,(H,12,13). The van der Waals surface area contributed by atoms with Crippen LogP contribution in [0.4, 0.5) is 0 Å². The Hall–Kier alpha value is -0.570. The number of hydrogen-bond acceptors (Lipinski definition) is 2. The third kappa shape index (κ3) is 4.61. The molecule has 0 spiro atoms. The smallest absolute Gasteiger partial charge is 0.246 e. The lowest BCUT2D eigenvalue weighted by atomic mass is 10.1. The summed E-state index contributed by atoms with van der Waals surface area (Å²) in [5.41, 5.74) is 0. The third-order valence-corrected chi connectivity index (χ3v) is 2.61. The predicted molar refractivity (Wildman–Crippen MR) is 56.1 cm³/mol. The molecule has 3 nitrogen and oxygen atoms in total. The maximum atomic E-state index is 11.3. The Kier molecular flexibility index (Phi) is 4.94. The van der Waals surface area contributed by atoms with Gasteiger partial charge in [-0.3, -0.25) is 4.79 Å². The molecule has 0 bridgehead atoms. The topological polar surface area (TPSA) is 38.3 Å². The summed E-state index contributed by atoms with van der Waals surface area (Å²) in [6.45, 7) is 4.90. The highest BCUT2D eigenvalue weighted by Crippen LogP contribution is 2.23. The van der Waals surface area contributed by atoms with Crippen LogP contribution in [0.3, 0.4) is 0 Å². The number of nitrogens with one attached hydrogen (secondary N) is 1. The second kappa shape index (κ2) is 6.02. The van der Waals surface area contributed by atoms with E-state index in [0.29, 0.717) is 5.92 Å². The third-order valence-electron chi connectivity index (χ3n) is 2.61. The number of amides is 1. The van der Waals surface area contributed by atoms with Crippen LogP contribution in [0.2, 0.25) is 0 Å². The first-order valence-corrected chi connectivity index (χ1v) is 5.57. The van der Waals surface area contributed by atoms with Crippen LogP contribution in [0.5, 0.6) is 0 Å². The lowest BCUT2D eigenvalue weighted by molar-refractivity contribution is -0.127. The molecule has 0 saturated heterocycles. The summed E-state index contributed by atoms with van der Waals surface area (Å²) in [5.74, 6) is 0.726. The van der Waals surface area contributed by atoms with Gasteiger partial charge in [-0.1, -0.05) is 12.8 Å². The van der Waals surface area contributed by atoms with Gasteiger partial charge in [0.05, 0.1) is 6.10 Å². The van der Waals surface area contributed by atoms with Crippen molar-refractivity contribution in [1.82, 2.24) is 5.32 Å². The molecule has 0 aromatic carbocycles. The number of carbonyl (C=O) groups is 1. The lowest BCUT2D eigenvalue weighted by Gasteiger charge is -2.11. The van der Waals surface area contributed by atoms with E-state index in [0.717, 1.165) is 6.54 Å². The molecule has 14 heavy (non-hydrogen) atoms. The minimum Gasteiger partial charge on any atom is -0.369 e. The summed E-state index contributed by atoms with van der Waals surface area (Å²) < 4.78 is 5.21. The molecule has 0 heterocycles. The van der Waals surface area contributed by atoms with Gasteiger partial charge in [-0.05, 0) is 32.6 Å². The van der Waals surface area contributed by atoms with Crippen LogP contribution >= 0.6 is 0 Å². The first-order valence-electron chi connectivity index (χ1n) is 5.57. The van der Waals surface area contributed by atoms with E-state index >= 15 is 0 Å². The van der Waals surface area contributed by atoms with Crippen molar-refractivity contribution in [3.8, 4) is 0 Å². The van der Waals surface area contributed by atoms with Gasteiger partial charge in [0.15, 0.2) is 0 Å². The Balaban J connectivity index is 2.02. The normalized spacial score (nSPS) is 17.6. The van der Waals surface area contributed by atoms with E-state index in [9.17, 15) is 4.79 Å². The van der Waals surface area contributed by atoms with E-state index < -0.39 is 0 Å². The summed E-state index contributed by atoms with van der Waals surface area (Å²) in [6, 6.07) is 0. The highest BCUT2D eigenvalue weighted by Gasteiger charge is 2.15. The van der Waals surface area contributed by atoms with Gasteiger partial charge in [0.25, 0.3) is 0 Å². The molecule has 1 N–H and O–H groups in total. The molecule has 1 fully saturated rings. The van der Waals surface area contributed by atoms with Crippen LogP contribution in [0, 0.1) is 5.92 Å². The Morgan fingerprint density at radius 3 is 2.64 bits per heavy atom. The molecule has 1 aliphatic rings. The van der Waals surface area contributed by atoms with Crippen molar-refractivity contribution in [2.75, 3.05) is 13.2 Å². The van der Waals surface area contributed by atoms with Gasteiger partial charge in [0.2, 0.25) is 5.91 Å². The van der Waals surface area contributed by atoms with Crippen molar-refractivity contribution in [3.05, 3.63) is 0 Å². The van der Waals surface area contributed by atoms with Crippen LogP contribution in [-0.4, -0.2) is 25.2 Å². The lowest BCUT2D eigenvalue weighted by Crippen LogP contribution is -2.32. The largest absolute Gasteiger partial charge is 0.369 e.